The number of rotatable bonds is 6. The summed E-state index contributed by atoms with van der Waals surface area (Å²) in [5.74, 6) is 1.95. The summed E-state index contributed by atoms with van der Waals surface area (Å²) >= 11 is 1.86. The van der Waals surface area contributed by atoms with Gasteiger partial charge >= 0.3 is 0 Å². The van der Waals surface area contributed by atoms with Crippen LogP contribution >= 0.6 is 11.8 Å². The molecule has 0 saturated carbocycles. The molecule has 3 heteroatoms. The zero-order valence-corrected chi connectivity index (χ0v) is 14.0. The highest BCUT2D eigenvalue weighted by molar-refractivity contribution is 7.99. The van der Waals surface area contributed by atoms with E-state index in [1.165, 1.54) is 21.6 Å². The van der Waals surface area contributed by atoms with Crippen molar-refractivity contribution in [1.29, 1.82) is 0 Å². The van der Waals surface area contributed by atoms with Gasteiger partial charge < -0.3 is 10.1 Å². The van der Waals surface area contributed by atoms with Crippen molar-refractivity contribution in [3.63, 3.8) is 0 Å². The number of benzene rings is 2. The largest absolute Gasteiger partial charge is 0.496 e. The Labute approximate surface area is 131 Å². The fourth-order valence-electron chi connectivity index (χ4n) is 2.56. The van der Waals surface area contributed by atoms with Gasteiger partial charge in [-0.1, -0.05) is 24.3 Å². The number of hydrogen-bond acceptors (Lipinski definition) is 3. The lowest BCUT2D eigenvalue weighted by Gasteiger charge is -2.22. The summed E-state index contributed by atoms with van der Waals surface area (Å²) in [6.45, 7) is 4.26. The lowest BCUT2D eigenvalue weighted by molar-refractivity contribution is 0.403. The van der Waals surface area contributed by atoms with Crippen LogP contribution in [0.4, 0.5) is 0 Å². The Balaban J connectivity index is 2.21. The van der Waals surface area contributed by atoms with Crippen molar-refractivity contribution in [2.24, 2.45) is 0 Å². The molecule has 1 unspecified atom stereocenters. The fourth-order valence-corrected chi connectivity index (χ4v) is 3.60. The van der Waals surface area contributed by atoms with Gasteiger partial charge in [0.25, 0.3) is 0 Å². The van der Waals surface area contributed by atoms with Gasteiger partial charge in [0, 0.05) is 22.3 Å². The Bertz CT molecular complexity index is 583. The topological polar surface area (TPSA) is 21.3 Å². The summed E-state index contributed by atoms with van der Waals surface area (Å²) in [6.07, 6.45) is 0. The Hall–Kier alpha value is -1.45. The second kappa shape index (κ2) is 7.53. The van der Waals surface area contributed by atoms with E-state index in [4.69, 9.17) is 4.74 Å². The molecule has 0 amide bonds. The molecule has 0 aliphatic heterocycles. The van der Waals surface area contributed by atoms with Crippen LogP contribution in [0.15, 0.2) is 47.4 Å². The second-order valence-electron chi connectivity index (χ2n) is 5.16. The predicted octanol–water partition coefficient (Wildman–Crippen LogP) is 4.36. The fraction of sp³-hybridized carbons (Fsp3) is 0.333. The lowest BCUT2D eigenvalue weighted by Crippen LogP contribution is -2.20. The zero-order chi connectivity index (χ0) is 15.2. The van der Waals surface area contributed by atoms with Crippen LogP contribution in [-0.4, -0.2) is 19.9 Å². The molecule has 2 nitrogen and oxygen atoms in total. The summed E-state index contributed by atoms with van der Waals surface area (Å²) in [5.41, 5.74) is 3.77. The van der Waals surface area contributed by atoms with Crippen LogP contribution < -0.4 is 10.1 Å². The van der Waals surface area contributed by atoms with Gasteiger partial charge in [0.05, 0.1) is 7.11 Å². The van der Waals surface area contributed by atoms with E-state index in [2.05, 4.69) is 55.6 Å². The van der Waals surface area contributed by atoms with Crippen LogP contribution in [0.3, 0.4) is 0 Å². The highest BCUT2D eigenvalue weighted by atomic mass is 32.2. The van der Waals surface area contributed by atoms with Crippen LogP contribution in [0.1, 0.15) is 22.7 Å². The average Bonchev–Trinajstić information content (AvgIpc) is 2.50. The Morgan fingerprint density at radius 2 is 1.86 bits per heavy atom. The van der Waals surface area contributed by atoms with Gasteiger partial charge in [0.2, 0.25) is 0 Å². The first-order valence-electron chi connectivity index (χ1n) is 7.16. The molecule has 0 aliphatic rings. The molecule has 0 bridgehead atoms. The van der Waals surface area contributed by atoms with Crippen molar-refractivity contribution in [2.45, 2.75) is 24.8 Å². The molecule has 2 aromatic rings. The summed E-state index contributed by atoms with van der Waals surface area (Å²) in [4.78, 5) is 1.29. The molecular weight excluding hydrogens is 278 g/mol. The van der Waals surface area contributed by atoms with E-state index < -0.39 is 0 Å². The van der Waals surface area contributed by atoms with Crippen molar-refractivity contribution in [2.75, 3.05) is 19.9 Å². The van der Waals surface area contributed by atoms with Gasteiger partial charge in [0.1, 0.15) is 5.75 Å². The molecule has 0 radical (unpaired) electrons. The molecule has 0 spiro atoms. The van der Waals surface area contributed by atoms with E-state index in [1.54, 1.807) is 7.11 Å². The minimum Gasteiger partial charge on any atom is -0.496 e. The van der Waals surface area contributed by atoms with E-state index >= 15 is 0 Å². The van der Waals surface area contributed by atoms with Crippen molar-refractivity contribution < 1.29 is 4.74 Å². The third kappa shape index (κ3) is 4.02. The maximum absolute atomic E-state index is 5.59. The standard InChI is InChI=1S/C18H23NOS/c1-13-10-14(2)18(17(11-13)20-4)16(19-3)12-21-15-8-6-5-7-9-15/h5-11,16,19H,12H2,1-4H3. The first-order chi connectivity index (χ1) is 10.2. The third-order valence-electron chi connectivity index (χ3n) is 3.57. The summed E-state index contributed by atoms with van der Waals surface area (Å²) in [5, 5.41) is 3.42. The first kappa shape index (κ1) is 15.9. The third-order valence-corrected chi connectivity index (χ3v) is 4.68. The summed E-state index contributed by atoms with van der Waals surface area (Å²) in [6, 6.07) is 15.1. The van der Waals surface area contributed by atoms with E-state index in [9.17, 15) is 0 Å². The molecule has 0 fully saturated rings. The van der Waals surface area contributed by atoms with Crippen molar-refractivity contribution in [3.8, 4) is 5.75 Å². The average molecular weight is 301 g/mol. The van der Waals surface area contributed by atoms with Crippen LogP contribution in [0.2, 0.25) is 0 Å². The minimum atomic E-state index is 0.269. The minimum absolute atomic E-state index is 0.269. The normalized spacial score (nSPS) is 12.2. The number of ether oxygens (including phenoxy) is 1. The SMILES string of the molecule is CNC(CSc1ccccc1)c1c(C)cc(C)cc1OC. The maximum atomic E-state index is 5.59. The molecule has 2 aromatic carbocycles. The number of thioether (sulfide) groups is 1. The predicted molar refractivity (Wildman–Crippen MR) is 91.4 cm³/mol. The first-order valence-corrected chi connectivity index (χ1v) is 8.14. The molecule has 2 rings (SSSR count). The van der Waals surface area contributed by atoms with Crippen molar-refractivity contribution in [1.82, 2.24) is 5.32 Å². The molecule has 0 aromatic heterocycles. The van der Waals surface area contributed by atoms with Crippen LogP contribution in [-0.2, 0) is 0 Å². The molecular formula is C18H23NOS. The van der Waals surface area contributed by atoms with Gasteiger partial charge in [-0.2, -0.15) is 0 Å². The molecule has 0 aliphatic carbocycles. The second-order valence-corrected chi connectivity index (χ2v) is 6.26. The molecule has 0 saturated heterocycles. The van der Waals surface area contributed by atoms with E-state index in [1.807, 2.05) is 24.9 Å². The highest BCUT2D eigenvalue weighted by Gasteiger charge is 2.17. The van der Waals surface area contributed by atoms with Gasteiger partial charge in [-0.3, -0.25) is 0 Å². The van der Waals surface area contributed by atoms with Crippen molar-refractivity contribution in [3.05, 3.63) is 59.2 Å². The lowest BCUT2D eigenvalue weighted by atomic mass is 9.99. The van der Waals surface area contributed by atoms with Gasteiger partial charge in [0.15, 0.2) is 0 Å². The van der Waals surface area contributed by atoms with Crippen LogP contribution in [0.5, 0.6) is 5.75 Å². The van der Waals surface area contributed by atoms with E-state index in [-0.39, 0.29) is 6.04 Å². The summed E-state index contributed by atoms with van der Waals surface area (Å²) < 4.78 is 5.59. The quantitative estimate of drug-likeness (QED) is 0.801. The van der Waals surface area contributed by atoms with Gasteiger partial charge in [-0.15, -0.1) is 11.8 Å². The zero-order valence-electron chi connectivity index (χ0n) is 13.1. The van der Waals surface area contributed by atoms with Crippen LogP contribution in [0, 0.1) is 13.8 Å². The number of aryl methyl sites for hydroxylation is 2. The Morgan fingerprint density at radius 1 is 1.14 bits per heavy atom. The molecule has 112 valence electrons. The number of methoxy groups -OCH3 is 1. The van der Waals surface area contributed by atoms with Gasteiger partial charge in [-0.05, 0) is 50.2 Å². The molecule has 21 heavy (non-hydrogen) atoms. The van der Waals surface area contributed by atoms with E-state index in [0.29, 0.717) is 0 Å². The van der Waals surface area contributed by atoms with E-state index in [0.717, 1.165) is 11.5 Å². The van der Waals surface area contributed by atoms with Crippen LogP contribution in [0.25, 0.3) is 0 Å². The molecule has 1 N–H and O–H groups in total. The Morgan fingerprint density at radius 3 is 2.48 bits per heavy atom. The number of nitrogens with one attached hydrogen (secondary N) is 1. The molecule has 1 atom stereocenters. The summed E-state index contributed by atoms with van der Waals surface area (Å²) in [7, 11) is 3.75. The van der Waals surface area contributed by atoms with Crippen molar-refractivity contribution >= 4 is 11.8 Å². The highest BCUT2D eigenvalue weighted by Crippen LogP contribution is 2.33. The smallest absolute Gasteiger partial charge is 0.124 e. The molecule has 0 heterocycles. The van der Waals surface area contributed by atoms with Gasteiger partial charge in [-0.25, -0.2) is 0 Å². The maximum Gasteiger partial charge on any atom is 0.124 e. The Kier molecular flexibility index (Phi) is 5.71. The monoisotopic (exact) mass is 301 g/mol. The number of hydrogen-bond donors (Lipinski definition) is 1.